The second-order valence-corrected chi connectivity index (χ2v) is 8.10. The molecule has 8 nitrogen and oxygen atoms in total. The summed E-state index contributed by atoms with van der Waals surface area (Å²) in [7, 11) is -2.19. The molecule has 30 heavy (non-hydrogen) atoms. The first kappa shape index (κ1) is 21.4. The Kier molecular flexibility index (Phi) is 6.74. The summed E-state index contributed by atoms with van der Waals surface area (Å²) in [5.41, 5.74) is 2.53. The van der Waals surface area contributed by atoms with Crippen LogP contribution in [0.2, 0.25) is 0 Å². The molecule has 3 rings (SSSR count). The molecule has 0 bridgehead atoms. The van der Waals surface area contributed by atoms with Crippen molar-refractivity contribution in [2.45, 2.75) is 11.3 Å². The number of hydrogen-bond acceptors (Lipinski definition) is 7. The number of aliphatic hydroxyl groups excluding tert-OH is 1. The van der Waals surface area contributed by atoms with Crippen LogP contribution in [0.3, 0.4) is 0 Å². The van der Waals surface area contributed by atoms with Gasteiger partial charge in [0.2, 0.25) is 10.0 Å². The third-order valence-corrected chi connectivity index (χ3v) is 5.75. The number of sulfonamides is 1. The van der Waals surface area contributed by atoms with Crippen LogP contribution in [0.25, 0.3) is 11.3 Å². The molecule has 1 heterocycles. The standard InChI is InChI=1S/C21H20N4O4S/c1-29-20-6-5-16(13-17(20)14-22)19-7-8-23-21(25-19)12-15-3-2-4-18(11-15)30(27,28)24-9-10-26/h2-8,11,13,24,26H,9-10,12H2,1H3. The maximum absolute atomic E-state index is 12.3. The van der Waals surface area contributed by atoms with Gasteiger partial charge in [-0.25, -0.2) is 23.1 Å². The van der Waals surface area contributed by atoms with E-state index in [0.29, 0.717) is 29.3 Å². The van der Waals surface area contributed by atoms with Gasteiger partial charge >= 0.3 is 0 Å². The number of benzene rings is 2. The molecule has 0 unspecified atom stereocenters. The number of nitriles is 1. The van der Waals surface area contributed by atoms with Gasteiger partial charge in [0.1, 0.15) is 17.6 Å². The summed E-state index contributed by atoms with van der Waals surface area (Å²) in [4.78, 5) is 8.94. The van der Waals surface area contributed by atoms with Crippen LogP contribution < -0.4 is 9.46 Å². The van der Waals surface area contributed by atoms with Crippen LogP contribution in [0.4, 0.5) is 0 Å². The predicted molar refractivity (Wildman–Crippen MR) is 110 cm³/mol. The fraction of sp³-hybridized carbons (Fsp3) is 0.190. The van der Waals surface area contributed by atoms with Gasteiger partial charge in [-0.1, -0.05) is 12.1 Å². The van der Waals surface area contributed by atoms with Gasteiger partial charge in [0, 0.05) is 24.7 Å². The molecule has 2 aromatic carbocycles. The Morgan fingerprint density at radius 2 is 2.03 bits per heavy atom. The van der Waals surface area contributed by atoms with Crippen molar-refractivity contribution >= 4 is 10.0 Å². The first-order chi connectivity index (χ1) is 14.5. The lowest BCUT2D eigenvalue weighted by Gasteiger charge is -2.09. The first-order valence-corrected chi connectivity index (χ1v) is 10.5. The lowest BCUT2D eigenvalue weighted by molar-refractivity contribution is 0.301. The van der Waals surface area contributed by atoms with Crippen molar-refractivity contribution in [2.75, 3.05) is 20.3 Å². The average Bonchev–Trinajstić information content (AvgIpc) is 2.77. The van der Waals surface area contributed by atoms with Crippen LogP contribution in [-0.2, 0) is 16.4 Å². The summed E-state index contributed by atoms with van der Waals surface area (Å²) in [5.74, 6) is 1.00. The number of methoxy groups -OCH3 is 1. The number of rotatable bonds is 8. The SMILES string of the molecule is COc1ccc(-c2ccnc(Cc3cccc(S(=O)(=O)NCCO)c3)n2)cc1C#N. The van der Waals surface area contributed by atoms with Crippen molar-refractivity contribution in [1.82, 2.24) is 14.7 Å². The maximum Gasteiger partial charge on any atom is 0.240 e. The van der Waals surface area contributed by atoms with Crippen molar-refractivity contribution in [1.29, 1.82) is 5.26 Å². The summed E-state index contributed by atoms with van der Waals surface area (Å²) >= 11 is 0. The van der Waals surface area contributed by atoms with Gasteiger partial charge in [0.15, 0.2) is 0 Å². The van der Waals surface area contributed by atoms with Gasteiger partial charge in [0.05, 0.1) is 29.9 Å². The number of nitrogens with one attached hydrogen (secondary N) is 1. The molecule has 9 heteroatoms. The summed E-state index contributed by atoms with van der Waals surface area (Å²) in [6.07, 6.45) is 1.95. The second kappa shape index (κ2) is 9.45. The Bertz CT molecular complexity index is 1190. The van der Waals surface area contributed by atoms with E-state index in [1.165, 1.54) is 13.2 Å². The minimum absolute atomic E-state index is 0.0513. The molecule has 0 atom stereocenters. The number of hydrogen-bond donors (Lipinski definition) is 2. The molecule has 2 N–H and O–H groups in total. The topological polar surface area (TPSA) is 125 Å². The fourth-order valence-corrected chi connectivity index (χ4v) is 3.96. The van der Waals surface area contributed by atoms with E-state index in [-0.39, 0.29) is 18.0 Å². The van der Waals surface area contributed by atoms with Crippen LogP contribution >= 0.6 is 0 Å². The Hall–Kier alpha value is -3.32. The number of aromatic nitrogens is 2. The Labute approximate surface area is 174 Å². The van der Waals surface area contributed by atoms with Gasteiger partial charge in [-0.05, 0) is 42.0 Å². The largest absolute Gasteiger partial charge is 0.495 e. The minimum Gasteiger partial charge on any atom is -0.495 e. The average molecular weight is 424 g/mol. The molecule has 0 aliphatic heterocycles. The van der Waals surface area contributed by atoms with Gasteiger partial charge in [-0.2, -0.15) is 5.26 Å². The van der Waals surface area contributed by atoms with E-state index in [1.54, 1.807) is 42.6 Å². The molecule has 0 radical (unpaired) electrons. The Morgan fingerprint density at radius 1 is 1.20 bits per heavy atom. The number of nitrogens with zero attached hydrogens (tertiary/aromatic N) is 3. The van der Waals surface area contributed by atoms with E-state index in [1.807, 2.05) is 6.07 Å². The molecule has 0 aliphatic rings. The molecule has 0 saturated heterocycles. The van der Waals surface area contributed by atoms with E-state index in [4.69, 9.17) is 9.84 Å². The summed E-state index contributed by atoms with van der Waals surface area (Å²) in [6.45, 7) is -0.331. The normalized spacial score (nSPS) is 11.1. The van der Waals surface area contributed by atoms with Crippen molar-refractivity contribution in [2.24, 2.45) is 0 Å². The van der Waals surface area contributed by atoms with Crippen LogP contribution in [0.1, 0.15) is 17.0 Å². The zero-order valence-corrected chi connectivity index (χ0v) is 17.1. The lowest BCUT2D eigenvalue weighted by atomic mass is 10.1. The first-order valence-electron chi connectivity index (χ1n) is 9.06. The van der Waals surface area contributed by atoms with Crippen molar-refractivity contribution < 1.29 is 18.3 Å². The van der Waals surface area contributed by atoms with Crippen LogP contribution in [-0.4, -0.2) is 43.8 Å². The summed E-state index contributed by atoms with van der Waals surface area (Å²) < 4.78 is 32.0. The monoisotopic (exact) mass is 424 g/mol. The van der Waals surface area contributed by atoms with Crippen molar-refractivity contribution in [3.8, 4) is 23.1 Å². The predicted octanol–water partition coefficient (Wildman–Crippen LogP) is 1.89. The van der Waals surface area contributed by atoms with E-state index in [9.17, 15) is 13.7 Å². The third-order valence-electron chi connectivity index (χ3n) is 4.30. The maximum atomic E-state index is 12.3. The molecule has 0 aliphatic carbocycles. The summed E-state index contributed by atoms with van der Waals surface area (Å²) in [6, 6.07) is 15.5. The number of aliphatic hydroxyl groups is 1. The second-order valence-electron chi connectivity index (χ2n) is 6.33. The molecule has 154 valence electrons. The molecule has 3 aromatic rings. The van der Waals surface area contributed by atoms with Crippen molar-refractivity contribution in [3.63, 3.8) is 0 Å². The van der Waals surface area contributed by atoms with E-state index in [2.05, 4.69) is 20.8 Å². The zero-order chi connectivity index (χ0) is 21.6. The highest BCUT2D eigenvalue weighted by atomic mass is 32.2. The van der Waals surface area contributed by atoms with Crippen LogP contribution in [0, 0.1) is 11.3 Å². The highest BCUT2D eigenvalue weighted by Crippen LogP contribution is 2.25. The van der Waals surface area contributed by atoms with Gasteiger partial charge in [0.25, 0.3) is 0 Å². The molecule has 0 spiro atoms. The number of ether oxygens (including phenoxy) is 1. The summed E-state index contributed by atoms with van der Waals surface area (Å²) in [5, 5.41) is 18.1. The molecular weight excluding hydrogens is 404 g/mol. The van der Waals surface area contributed by atoms with E-state index in [0.717, 1.165) is 11.1 Å². The molecule has 0 fully saturated rings. The Balaban J connectivity index is 1.86. The highest BCUT2D eigenvalue weighted by molar-refractivity contribution is 7.89. The third kappa shape index (κ3) is 4.99. The van der Waals surface area contributed by atoms with Gasteiger partial charge in [-0.3, -0.25) is 0 Å². The van der Waals surface area contributed by atoms with Gasteiger partial charge in [-0.15, -0.1) is 0 Å². The smallest absolute Gasteiger partial charge is 0.240 e. The molecular formula is C21H20N4O4S. The fourth-order valence-electron chi connectivity index (χ4n) is 2.87. The van der Waals surface area contributed by atoms with E-state index < -0.39 is 10.0 Å². The van der Waals surface area contributed by atoms with Crippen LogP contribution in [0.5, 0.6) is 5.75 Å². The minimum atomic E-state index is -3.70. The van der Waals surface area contributed by atoms with Gasteiger partial charge < -0.3 is 9.84 Å². The van der Waals surface area contributed by atoms with Crippen molar-refractivity contribution in [3.05, 3.63) is 71.7 Å². The Morgan fingerprint density at radius 3 is 2.77 bits per heavy atom. The zero-order valence-electron chi connectivity index (χ0n) is 16.2. The lowest BCUT2D eigenvalue weighted by Crippen LogP contribution is -2.26. The molecule has 0 saturated carbocycles. The quantitative estimate of drug-likeness (QED) is 0.565. The van der Waals surface area contributed by atoms with Crippen LogP contribution in [0.15, 0.2) is 59.6 Å². The molecule has 1 aromatic heterocycles. The molecule has 0 amide bonds. The highest BCUT2D eigenvalue weighted by Gasteiger charge is 2.14. The van der Waals surface area contributed by atoms with E-state index >= 15 is 0 Å².